The molecule has 1 saturated carbocycles. The maximum atomic E-state index is 11.8. The van der Waals surface area contributed by atoms with Crippen LogP contribution in [-0.2, 0) is 4.79 Å². The van der Waals surface area contributed by atoms with Crippen LogP contribution in [0.3, 0.4) is 0 Å². The lowest BCUT2D eigenvalue weighted by Crippen LogP contribution is -2.23. The molecule has 70 valence electrons. The second kappa shape index (κ2) is 4.06. The Morgan fingerprint density at radius 2 is 1.67 bits per heavy atom. The first kappa shape index (κ1) is 9.76. The van der Waals surface area contributed by atoms with E-state index in [2.05, 4.69) is 20.8 Å². The summed E-state index contributed by atoms with van der Waals surface area (Å²) in [5, 5.41) is 0. The average Bonchev–Trinajstić information content (AvgIpc) is 2.53. The van der Waals surface area contributed by atoms with Crippen molar-refractivity contribution >= 4 is 5.78 Å². The zero-order chi connectivity index (χ0) is 9.14. The van der Waals surface area contributed by atoms with E-state index < -0.39 is 0 Å². The summed E-state index contributed by atoms with van der Waals surface area (Å²) in [5.41, 5.74) is 0. The fraction of sp³-hybridized carbons (Fsp3) is 0.909. The lowest BCUT2D eigenvalue weighted by atomic mass is 9.86. The van der Waals surface area contributed by atoms with Gasteiger partial charge in [-0.3, -0.25) is 4.79 Å². The number of rotatable bonds is 3. The first-order valence-electron chi connectivity index (χ1n) is 5.16. The molecule has 0 aromatic heterocycles. The van der Waals surface area contributed by atoms with E-state index in [9.17, 15) is 4.79 Å². The SMILES string of the molecule is CC(C)[C@H](C)C(=O)C1CCCC1. The lowest BCUT2D eigenvalue weighted by molar-refractivity contribution is -0.127. The van der Waals surface area contributed by atoms with Crippen molar-refractivity contribution in [2.24, 2.45) is 17.8 Å². The Hall–Kier alpha value is -0.330. The summed E-state index contributed by atoms with van der Waals surface area (Å²) in [6, 6.07) is 0. The van der Waals surface area contributed by atoms with Gasteiger partial charge in [-0.2, -0.15) is 0 Å². The molecule has 1 nitrogen and oxygen atoms in total. The minimum Gasteiger partial charge on any atom is -0.299 e. The fourth-order valence-electron chi connectivity index (χ4n) is 1.91. The fourth-order valence-corrected chi connectivity index (χ4v) is 1.91. The third-order valence-electron chi connectivity index (χ3n) is 3.21. The molecule has 1 aliphatic rings. The summed E-state index contributed by atoms with van der Waals surface area (Å²) in [6.45, 7) is 6.35. The van der Waals surface area contributed by atoms with Gasteiger partial charge in [-0.1, -0.05) is 33.6 Å². The van der Waals surface area contributed by atoms with Gasteiger partial charge in [-0.05, 0) is 18.8 Å². The van der Waals surface area contributed by atoms with E-state index in [1.165, 1.54) is 12.8 Å². The molecule has 0 aliphatic heterocycles. The Labute approximate surface area is 75.5 Å². The number of hydrogen-bond donors (Lipinski definition) is 0. The predicted molar refractivity (Wildman–Crippen MR) is 51.0 cm³/mol. The molecule has 12 heavy (non-hydrogen) atoms. The zero-order valence-corrected chi connectivity index (χ0v) is 8.47. The third-order valence-corrected chi connectivity index (χ3v) is 3.21. The van der Waals surface area contributed by atoms with E-state index >= 15 is 0 Å². The van der Waals surface area contributed by atoms with E-state index in [-0.39, 0.29) is 5.92 Å². The van der Waals surface area contributed by atoms with Gasteiger partial charge in [0.2, 0.25) is 0 Å². The van der Waals surface area contributed by atoms with Crippen LogP contribution in [0.1, 0.15) is 46.5 Å². The van der Waals surface area contributed by atoms with Gasteiger partial charge in [-0.15, -0.1) is 0 Å². The van der Waals surface area contributed by atoms with Gasteiger partial charge in [0.25, 0.3) is 0 Å². The normalized spacial score (nSPS) is 21.7. The summed E-state index contributed by atoms with van der Waals surface area (Å²) in [7, 11) is 0. The first-order chi connectivity index (χ1) is 5.63. The quantitative estimate of drug-likeness (QED) is 0.633. The van der Waals surface area contributed by atoms with Crippen molar-refractivity contribution in [1.82, 2.24) is 0 Å². The van der Waals surface area contributed by atoms with E-state index in [0.717, 1.165) is 12.8 Å². The molecule has 0 spiro atoms. The molecule has 0 aromatic rings. The zero-order valence-electron chi connectivity index (χ0n) is 8.47. The van der Waals surface area contributed by atoms with Crippen LogP contribution in [-0.4, -0.2) is 5.78 Å². The third kappa shape index (κ3) is 2.09. The summed E-state index contributed by atoms with van der Waals surface area (Å²) >= 11 is 0. The van der Waals surface area contributed by atoms with Crippen molar-refractivity contribution < 1.29 is 4.79 Å². The molecule has 0 unspecified atom stereocenters. The van der Waals surface area contributed by atoms with Gasteiger partial charge in [0.15, 0.2) is 0 Å². The number of hydrogen-bond acceptors (Lipinski definition) is 1. The van der Waals surface area contributed by atoms with E-state index in [1.807, 2.05) is 0 Å². The van der Waals surface area contributed by atoms with Crippen LogP contribution >= 0.6 is 0 Å². The molecule has 1 aliphatic carbocycles. The molecule has 1 heteroatoms. The van der Waals surface area contributed by atoms with Crippen molar-refractivity contribution in [3.8, 4) is 0 Å². The van der Waals surface area contributed by atoms with Crippen LogP contribution in [0.4, 0.5) is 0 Å². The highest BCUT2D eigenvalue weighted by Gasteiger charge is 2.27. The van der Waals surface area contributed by atoms with Crippen LogP contribution in [0.15, 0.2) is 0 Å². The molecule has 0 saturated heterocycles. The predicted octanol–water partition coefficient (Wildman–Crippen LogP) is 3.04. The molecule has 0 aromatic carbocycles. The molecular formula is C11H20O. The number of ketones is 1. The second-order valence-corrected chi connectivity index (χ2v) is 4.42. The molecule has 0 heterocycles. The summed E-state index contributed by atoms with van der Waals surface area (Å²) < 4.78 is 0. The molecule has 0 bridgehead atoms. The van der Waals surface area contributed by atoms with Crippen LogP contribution < -0.4 is 0 Å². The van der Waals surface area contributed by atoms with Crippen molar-refractivity contribution in [2.75, 3.05) is 0 Å². The Morgan fingerprint density at radius 1 is 1.17 bits per heavy atom. The molecule has 0 radical (unpaired) electrons. The monoisotopic (exact) mass is 168 g/mol. The Balaban J connectivity index is 2.45. The largest absolute Gasteiger partial charge is 0.299 e. The minimum atomic E-state index is 0.271. The molecule has 0 N–H and O–H groups in total. The lowest BCUT2D eigenvalue weighted by Gasteiger charge is -2.18. The van der Waals surface area contributed by atoms with Gasteiger partial charge in [0, 0.05) is 11.8 Å². The van der Waals surface area contributed by atoms with Crippen molar-refractivity contribution in [1.29, 1.82) is 0 Å². The highest BCUT2D eigenvalue weighted by Crippen LogP contribution is 2.29. The molecule has 1 fully saturated rings. The van der Waals surface area contributed by atoms with Crippen molar-refractivity contribution in [3.63, 3.8) is 0 Å². The maximum absolute atomic E-state index is 11.8. The Bertz CT molecular complexity index is 150. The van der Waals surface area contributed by atoms with E-state index in [1.54, 1.807) is 0 Å². The number of carbonyl (C=O) groups excluding carboxylic acids is 1. The summed E-state index contributed by atoms with van der Waals surface area (Å²) in [6.07, 6.45) is 4.83. The highest BCUT2D eigenvalue weighted by atomic mass is 16.1. The minimum absolute atomic E-state index is 0.271. The second-order valence-electron chi connectivity index (χ2n) is 4.42. The topological polar surface area (TPSA) is 17.1 Å². The Morgan fingerprint density at radius 3 is 2.08 bits per heavy atom. The smallest absolute Gasteiger partial charge is 0.139 e. The highest BCUT2D eigenvalue weighted by molar-refractivity contribution is 5.83. The van der Waals surface area contributed by atoms with E-state index in [0.29, 0.717) is 17.6 Å². The van der Waals surface area contributed by atoms with Crippen LogP contribution in [0.25, 0.3) is 0 Å². The molecule has 1 atom stereocenters. The van der Waals surface area contributed by atoms with Crippen LogP contribution in [0.2, 0.25) is 0 Å². The maximum Gasteiger partial charge on any atom is 0.139 e. The standard InChI is InChI=1S/C11H20O/c1-8(2)9(3)11(12)10-6-4-5-7-10/h8-10H,4-7H2,1-3H3/t9-/m0/s1. The van der Waals surface area contributed by atoms with Gasteiger partial charge in [-0.25, -0.2) is 0 Å². The van der Waals surface area contributed by atoms with Gasteiger partial charge in [0.1, 0.15) is 5.78 Å². The number of carbonyl (C=O) groups is 1. The summed E-state index contributed by atoms with van der Waals surface area (Å²) in [5.74, 6) is 1.70. The molecule has 1 rings (SSSR count). The number of Topliss-reactive ketones (excluding diaryl/α,β-unsaturated/α-hetero) is 1. The average molecular weight is 168 g/mol. The molecular weight excluding hydrogens is 148 g/mol. The van der Waals surface area contributed by atoms with Crippen LogP contribution in [0, 0.1) is 17.8 Å². The van der Waals surface area contributed by atoms with Crippen molar-refractivity contribution in [2.45, 2.75) is 46.5 Å². The van der Waals surface area contributed by atoms with Crippen molar-refractivity contribution in [3.05, 3.63) is 0 Å². The van der Waals surface area contributed by atoms with Gasteiger partial charge < -0.3 is 0 Å². The van der Waals surface area contributed by atoms with Gasteiger partial charge >= 0.3 is 0 Å². The Kier molecular flexibility index (Phi) is 3.30. The van der Waals surface area contributed by atoms with E-state index in [4.69, 9.17) is 0 Å². The summed E-state index contributed by atoms with van der Waals surface area (Å²) in [4.78, 5) is 11.8. The van der Waals surface area contributed by atoms with Gasteiger partial charge in [0.05, 0.1) is 0 Å². The first-order valence-corrected chi connectivity index (χ1v) is 5.16. The molecule has 0 amide bonds. The van der Waals surface area contributed by atoms with Crippen LogP contribution in [0.5, 0.6) is 0 Å².